The van der Waals surface area contributed by atoms with E-state index in [0.717, 1.165) is 64.2 Å². The molecule has 1 aromatic heterocycles. The van der Waals surface area contributed by atoms with Gasteiger partial charge in [0.25, 0.3) is 0 Å². The number of pyridine rings is 1. The van der Waals surface area contributed by atoms with Crippen LogP contribution in [0.5, 0.6) is 0 Å². The van der Waals surface area contributed by atoms with Crippen LogP contribution in [0.25, 0.3) is 0 Å². The molecule has 0 saturated carbocycles. The summed E-state index contributed by atoms with van der Waals surface area (Å²) >= 11 is 0. The molecule has 3 aliphatic heterocycles. The van der Waals surface area contributed by atoms with E-state index in [1.165, 1.54) is 0 Å². The molecule has 1 N–H and O–H groups in total. The number of ether oxygens (including phenoxy) is 1. The van der Waals surface area contributed by atoms with Crippen LogP contribution in [-0.2, 0) is 16.1 Å². The van der Waals surface area contributed by atoms with Gasteiger partial charge in [0.2, 0.25) is 0 Å². The minimum absolute atomic E-state index is 0.185. The molecule has 6 nitrogen and oxygen atoms in total. The summed E-state index contributed by atoms with van der Waals surface area (Å²) in [5, 5.41) is 10.1. The summed E-state index contributed by atoms with van der Waals surface area (Å²) in [4.78, 5) is 21.2. The van der Waals surface area contributed by atoms with Crippen LogP contribution in [0.2, 0.25) is 0 Å². The highest BCUT2D eigenvalue weighted by molar-refractivity contribution is 5.76. The number of carbonyl (C=O) groups is 1. The van der Waals surface area contributed by atoms with Gasteiger partial charge in [0, 0.05) is 57.1 Å². The Bertz CT molecular complexity index is 605. The van der Waals surface area contributed by atoms with Crippen molar-refractivity contribution >= 4 is 5.97 Å². The first-order valence-electron chi connectivity index (χ1n) is 9.34. The van der Waals surface area contributed by atoms with Crippen LogP contribution in [0.15, 0.2) is 24.5 Å². The first kappa shape index (κ1) is 16.9. The van der Waals surface area contributed by atoms with Crippen LogP contribution in [0.1, 0.15) is 24.8 Å². The fraction of sp³-hybridized carbons (Fsp3) is 0.684. The van der Waals surface area contributed by atoms with Crippen molar-refractivity contribution in [1.29, 1.82) is 0 Å². The van der Waals surface area contributed by atoms with Gasteiger partial charge in [-0.3, -0.25) is 19.6 Å². The Morgan fingerprint density at radius 1 is 1.44 bits per heavy atom. The quantitative estimate of drug-likeness (QED) is 0.891. The predicted molar refractivity (Wildman–Crippen MR) is 93.1 cm³/mol. The largest absolute Gasteiger partial charge is 0.481 e. The zero-order chi connectivity index (χ0) is 17.3. The number of carboxylic acids is 1. The van der Waals surface area contributed by atoms with E-state index in [-0.39, 0.29) is 5.92 Å². The number of rotatable bonds is 4. The number of fused-ring (bicyclic) bond motifs is 1. The number of nitrogens with zero attached hydrogens (tertiary/aromatic N) is 3. The van der Waals surface area contributed by atoms with Crippen molar-refractivity contribution in [2.45, 2.75) is 31.8 Å². The predicted octanol–water partition coefficient (Wildman–Crippen LogP) is 1.47. The average Bonchev–Trinajstić information content (AvgIpc) is 3.21. The van der Waals surface area contributed by atoms with Gasteiger partial charge in [-0.05, 0) is 37.4 Å². The average molecular weight is 345 g/mol. The van der Waals surface area contributed by atoms with Crippen molar-refractivity contribution in [2.75, 3.05) is 39.4 Å². The molecule has 25 heavy (non-hydrogen) atoms. The number of carboxylic acid groups (broad SMARTS) is 1. The van der Waals surface area contributed by atoms with Gasteiger partial charge in [0.05, 0.1) is 12.0 Å². The van der Waals surface area contributed by atoms with E-state index in [4.69, 9.17) is 4.74 Å². The molecule has 4 heterocycles. The van der Waals surface area contributed by atoms with E-state index in [2.05, 4.69) is 20.9 Å². The van der Waals surface area contributed by atoms with Crippen LogP contribution < -0.4 is 0 Å². The van der Waals surface area contributed by atoms with Gasteiger partial charge in [0.1, 0.15) is 0 Å². The number of aromatic nitrogens is 1. The van der Waals surface area contributed by atoms with E-state index in [1.807, 2.05) is 12.3 Å². The number of aliphatic carboxylic acids is 1. The Labute approximate surface area is 148 Å². The number of likely N-dealkylation sites (tertiary alicyclic amines) is 2. The zero-order valence-corrected chi connectivity index (χ0v) is 14.6. The van der Waals surface area contributed by atoms with Gasteiger partial charge in [-0.1, -0.05) is 6.07 Å². The van der Waals surface area contributed by atoms with Crippen LogP contribution in [0.4, 0.5) is 0 Å². The minimum atomic E-state index is -0.615. The third-order valence-corrected chi connectivity index (χ3v) is 6.27. The Kier molecular flexibility index (Phi) is 4.75. The lowest BCUT2D eigenvalue weighted by atomic mass is 9.75. The summed E-state index contributed by atoms with van der Waals surface area (Å²) in [6.07, 6.45) is 6.47. The fourth-order valence-corrected chi connectivity index (χ4v) is 4.93. The molecule has 3 aliphatic rings. The van der Waals surface area contributed by atoms with Crippen molar-refractivity contribution < 1.29 is 14.6 Å². The number of hydrogen-bond donors (Lipinski definition) is 1. The van der Waals surface area contributed by atoms with Gasteiger partial charge in [-0.25, -0.2) is 0 Å². The van der Waals surface area contributed by atoms with Crippen molar-refractivity contribution in [1.82, 2.24) is 14.8 Å². The van der Waals surface area contributed by atoms with Crippen LogP contribution in [0.3, 0.4) is 0 Å². The SMILES string of the molecule is O=C(O)[C@]12CCCN([C@H]3CCOC3)C[C@H]1CN(Cc1cccnc1)C2. The minimum Gasteiger partial charge on any atom is -0.481 e. The second-order valence-corrected chi connectivity index (χ2v) is 7.81. The van der Waals surface area contributed by atoms with Gasteiger partial charge < -0.3 is 9.84 Å². The van der Waals surface area contributed by atoms with Crippen molar-refractivity contribution in [3.05, 3.63) is 30.1 Å². The third-order valence-electron chi connectivity index (χ3n) is 6.27. The summed E-state index contributed by atoms with van der Waals surface area (Å²) in [5.74, 6) is -0.430. The van der Waals surface area contributed by atoms with Gasteiger partial charge in [-0.2, -0.15) is 0 Å². The summed E-state index contributed by atoms with van der Waals surface area (Å²) in [5.41, 5.74) is 0.553. The molecule has 3 atom stereocenters. The van der Waals surface area contributed by atoms with E-state index < -0.39 is 11.4 Å². The van der Waals surface area contributed by atoms with E-state index in [9.17, 15) is 9.90 Å². The van der Waals surface area contributed by atoms with E-state index in [0.29, 0.717) is 12.6 Å². The van der Waals surface area contributed by atoms with Crippen molar-refractivity contribution in [3.8, 4) is 0 Å². The molecule has 3 fully saturated rings. The topological polar surface area (TPSA) is 65.9 Å². The summed E-state index contributed by atoms with van der Waals surface area (Å²) in [6.45, 7) is 5.80. The molecular formula is C19H27N3O3. The highest BCUT2D eigenvalue weighted by atomic mass is 16.5. The molecule has 4 rings (SSSR count). The smallest absolute Gasteiger partial charge is 0.311 e. The first-order valence-corrected chi connectivity index (χ1v) is 9.34. The van der Waals surface area contributed by atoms with Gasteiger partial charge in [-0.15, -0.1) is 0 Å². The summed E-state index contributed by atoms with van der Waals surface area (Å²) < 4.78 is 5.56. The Hall–Kier alpha value is -1.50. The maximum Gasteiger partial charge on any atom is 0.311 e. The summed E-state index contributed by atoms with van der Waals surface area (Å²) in [7, 11) is 0. The molecular weight excluding hydrogens is 318 g/mol. The standard InChI is InChI=1S/C19H27N3O3/c23-18(24)19-5-2-7-22(17-4-8-25-13-17)12-16(19)11-21(14-19)10-15-3-1-6-20-9-15/h1,3,6,9,16-17H,2,4-5,7-8,10-14H2,(H,23,24)/t16-,17+,19+/m1/s1. The maximum absolute atomic E-state index is 12.3. The maximum atomic E-state index is 12.3. The molecule has 1 aromatic rings. The zero-order valence-electron chi connectivity index (χ0n) is 14.6. The molecule has 0 aromatic carbocycles. The van der Waals surface area contributed by atoms with Crippen molar-refractivity contribution in [3.63, 3.8) is 0 Å². The van der Waals surface area contributed by atoms with Gasteiger partial charge in [0.15, 0.2) is 0 Å². The Morgan fingerprint density at radius 3 is 3.08 bits per heavy atom. The lowest BCUT2D eigenvalue weighted by Gasteiger charge is -2.31. The fourth-order valence-electron chi connectivity index (χ4n) is 4.93. The second-order valence-electron chi connectivity index (χ2n) is 7.81. The number of hydrogen-bond acceptors (Lipinski definition) is 5. The molecule has 0 bridgehead atoms. The van der Waals surface area contributed by atoms with Crippen LogP contribution in [0, 0.1) is 11.3 Å². The molecule has 6 heteroatoms. The molecule has 0 aliphatic carbocycles. The normalized spacial score (nSPS) is 33.9. The molecule has 0 unspecified atom stereocenters. The van der Waals surface area contributed by atoms with Crippen LogP contribution >= 0.6 is 0 Å². The molecule has 0 amide bonds. The highest BCUT2D eigenvalue weighted by Crippen LogP contribution is 2.44. The Morgan fingerprint density at radius 2 is 2.36 bits per heavy atom. The highest BCUT2D eigenvalue weighted by Gasteiger charge is 2.53. The Balaban J connectivity index is 1.51. The molecule has 136 valence electrons. The third kappa shape index (κ3) is 3.30. The molecule has 0 radical (unpaired) electrons. The lowest BCUT2D eigenvalue weighted by Crippen LogP contribution is -2.44. The molecule has 3 saturated heterocycles. The van der Waals surface area contributed by atoms with E-state index in [1.54, 1.807) is 6.20 Å². The van der Waals surface area contributed by atoms with E-state index >= 15 is 0 Å². The lowest BCUT2D eigenvalue weighted by molar-refractivity contribution is -0.151. The van der Waals surface area contributed by atoms with Gasteiger partial charge >= 0.3 is 5.97 Å². The van der Waals surface area contributed by atoms with Crippen LogP contribution in [-0.4, -0.2) is 71.3 Å². The first-order chi connectivity index (χ1) is 12.2. The second kappa shape index (κ2) is 7.02. The molecule has 0 spiro atoms. The summed E-state index contributed by atoms with van der Waals surface area (Å²) in [6, 6.07) is 4.48. The van der Waals surface area contributed by atoms with Crippen molar-refractivity contribution in [2.24, 2.45) is 11.3 Å². The monoisotopic (exact) mass is 345 g/mol.